The second kappa shape index (κ2) is 6.79. The number of nitrogens with zero attached hydrogens (tertiary/aromatic N) is 2. The van der Waals surface area contributed by atoms with Crippen LogP contribution in [0.4, 0.5) is 8.78 Å². The molecule has 1 aromatic heterocycles. The highest BCUT2D eigenvalue weighted by atomic mass is 19.1. The summed E-state index contributed by atoms with van der Waals surface area (Å²) < 4.78 is 28.6. The Balaban J connectivity index is 2.00. The molecular formula is C14H14F2N4O2. The standard InChI is InChI=1S/C14H14F2N4O2/c15-11-2-1-3-12(16)10(11)7-20-6-9(19-8-20)4-14(22)18-5-13(17)21/h1-3,6,8H,4-5,7H2,(H2,17,21)(H,18,22). The lowest BCUT2D eigenvalue weighted by Crippen LogP contribution is -2.34. The van der Waals surface area contributed by atoms with Gasteiger partial charge in [-0.25, -0.2) is 13.8 Å². The molecular weight excluding hydrogens is 294 g/mol. The molecule has 2 aromatic rings. The average Bonchev–Trinajstić information content (AvgIpc) is 2.88. The maximum Gasteiger partial charge on any atom is 0.236 e. The number of halogens is 2. The molecule has 0 aliphatic heterocycles. The Bertz CT molecular complexity index is 680. The van der Waals surface area contributed by atoms with E-state index in [2.05, 4.69) is 10.3 Å². The maximum absolute atomic E-state index is 13.5. The van der Waals surface area contributed by atoms with E-state index in [-0.39, 0.29) is 25.1 Å². The molecule has 0 saturated carbocycles. The molecule has 0 aliphatic rings. The van der Waals surface area contributed by atoms with Crippen LogP contribution in [-0.2, 0) is 22.6 Å². The van der Waals surface area contributed by atoms with Gasteiger partial charge in [-0.1, -0.05) is 6.07 Å². The van der Waals surface area contributed by atoms with E-state index < -0.39 is 23.4 Å². The molecule has 6 nitrogen and oxygen atoms in total. The fraction of sp³-hybridized carbons (Fsp3) is 0.214. The molecule has 8 heteroatoms. The van der Waals surface area contributed by atoms with Crippen molar-refractivity contribution in [2.24, 2.45) is 5.73 Å². The number of nitrogens with two attached hydrogens (primary N) is 1. The summed E-state index contributed by atoms with van der Waals surface area (Å²) in [5.41, 5.74) is 5.24. The Morgan fingerprint density at radius 3 is 2.59 bits per heavy atom. The van der Waals surface area contributed by atoms with Crippen molar-refractivity contribution in [2.75, 3.05) is 6.54 Å². The normalized spacial score (nSPS) is 10.5. The van der Waals surface area contributed by atoms with Crippen molar-refractivity contribution in [3.63, 3.8) is 0 Å². The van der Waals surface area contributed by atoms with Crippen LogP contribution in [-0.4, -0.2) is 27.9 Å². The van der Waals surface area contributed by atoms with Gasteiger partial charge in [0.05, 0.1) is 31.5 Å². The maximum atomic E-state index is 13.5. The number of carbonyl (C=O) groups excluding carboxylic acids is 2. The van der Waals surface area contributed by atoms with Gasteiger partial charge >= 0.3 is 0 Å². The van der Waals surface area contributed by atoms with Crippen molar-refractivity contribution < 1.29 is 18.4 Å². The van der Waals surface area contributed by atoms with Crippen molar-refractivity contribution in [1.82, 2.24) is 14.9 Å². The molecule has 0 spiro atoms. The van der Waals surface area contributed by atoms with Gasteiger partial charge in [-0.3, -0.25) is 9.59 Å². The predicted octanol–water partition coefficient (Wildman–Crippen LogP) is 0.354. The largest absolute Gasteiger partial charge is 0.368 e. The van der Waals surface area contributed by atoms with Crippen LogP contribution in [0.1, 0.15) is 11.3 Å². The second-order valence-corrected chi connectivity index (χ2v) is 4.66. The van der Waals surface area contributed by atoms with E-state index in [1.807, 2.05) is 0 Å². The zero-order valence-corrected chi connectivity index (χ0v) is 11.6. The third kappa shape index (κ3) is 4.11. The minimum Gasteiger partial charge on any atom is -0.368 e. The predicted molar refractivity (Wildman–Crippen MR) is 73.6 cm³/mol. The average molecular weight is 308 g/mol. The summed E-state index contributed by atoms with van der Waals surface area (Å²) in [6.45, 7) is -0.283. The Labute approximate surface area is 124 Å². The zero-order valence-electron chi connectivity index (χ0n) is 11.6. The second-order valence-electron chi connectivity index (χ2n) is 4.66. The molecule has 0 atom stereocenters. The molecule has 2 rings (SSSR count). The quantitative estimate of drug-likeness (QED) is 0.807. The summed E-state index contributed by atoms with van der Waals surface area (Å²) in [4.78, 5) is 26.0. The first-order valence-corrected chi connectivity index (χ1v) is 6.44. The molecule has 0 unspecified atom stereocenters. The topological polar surface area (TPSA) is 90.0 Å². The van der Waals surface area contributed by atoms with E-state index in [0.29, 0.717) is 5.69 Å². The van der Waals surface area contributed by atoms with E-state index >= 15 is 0 Å². The summed E-state index contributed by atoms with van der Waals surface area (Å²) in [7, 11) is 0. The highest BCUT2D eigenvalue weighted by molar-refractivity contribution is 5.84. The lowest BCUT2D eigenvalue weighted by atomic mass is 10.2. The first-order valence-electron chi connectivity index (χ1n) is 6.44. The number of amides is 2. The van der Waals surface area contributed by atoms with Gasteiger partial charge in [0.25, 0.3) is 0 Å². The lowest BCUT2D eigenvalue weighted by molar-refractivity contribution is -0.124. The summed E-state index contributed by atoms with van der Waals surface area (Å²) in [5, 5.41) is 2.33. The first kappa shape index (κ1) is 15.6. The van der Waals surface area contributed by atoms with E-state index in [4.69, 9.17) is 5.73 Å². The highest BCUT2D eigenvalue weighted by Gasteiger charge is 2.11. The van der Waals surface area contributed by atoms with Gasteiger partial charge in [-0.05, 0) is 12.1 Å². The number of rotatable bonds is 6. The Hall–Kier alpha value is -2.77. The Morgan fingerprint density at radius 1 is 1.27 bits per heavy atom. The van der Waals surface area contributed by atoms with Crippen LogP contribution in [0.15, 0.2) is 30.7 Å². The van der Waals surface area contributed by atoms with Gasteiger partial charge in [0, 0.05) is 11.8 Å². The molecule has 22 heavy (non-hydrogen) atoms. The van der Waals surface area contributed by atoms with Crippen LogP contribution in [0, 0.1) is 11.6 Å². The van der Waals surface area contributed by atoms with Gasteiger partial charge in [0.15, 0.2) is 0 Å². The molecule has 0 aliphatic carbocycles. The van der Waals surface area contributed by atoms with Crippen LogP contribution in [0.25, 0.3) is 0 Å². The van der Waals surface area contributed by atoms with Gasteiger partial charge in [0.2, 0.25) is 11.8 Å². The van der Waals surface area contributed by atoms with Crippen molar-refractivity contribution in [2.45, 2.75) is 13.0 Å². The summed E-state index contributed by atoms with van der Waals surface area (Å²) >= 11 is 0. The molecule has 2 amide bonds. The van der Waals surface area contributed by atoms with Crippen molar-refractivity contribution >= 4 is 11.8 Å². The Kier molecular flexibility index (Phi) is 4.82. The number of carbonyl (C=O) groups is 2. The number of benzene rings is 1. The van der Waals surface area contributed by atoms with E-state index in [1.54, 1.807) is 0 Å². The lowest BCUT2D eigenvalue weighted by Gasteiger charge is -2.05. The minimum atomic E-state index is -0.645. The highest BCUT2D eigenvalue weighted by Crippen LogP contribution is 2.14. The van der Waals surface area contributed by atoms with Crippen molar-refractivity contribution in [3.8, 4) is 0 Å². The summed E-state index contributed by atoms with van der Waals surface area (Å²) in [5.74, 6) is -2.35. The van der Waals surface area contributed by atoms with E-state index in [1.165, 1.54) is 35.3 Å². The first-order chi connectivity index (χ1) is 10.5. The molecule has 0 fully saturated rings. The van der Waals surface area contributed by atoms with Crippen molar-refractivity contribution in [1.29, 1.82) is 0 Å². The number of imidazole rings is 1. The number of hydrogen-bond acceptors (Lipinski definition) is 3. The fourth-order valence-electron chi connectivity index (χ4n) is 1.86. The molecule has 0 bridgehead atoms. The van der Waals surface area contributed by atoms with Gasteiger partial charge in [0.1, 0.15) is 11.6 Å². The molecule has 3 N–H and O–H groups in total. The summed E-state index contributed by atoms with van der Waals surface area (Å²) in [6.07, 6.45) is 2.83. The molecule has 1 aromatic carbocycles. The van der Waals surface area contributed by atoms with E-state index in [0.717, 1.165) is 0 Å². The van der Waals surface area contributed by atoms with Gasteiger partial charge in [-0.15, -0.1) is 0 Å². The van der Waals surface area contributed by atoms with Gasteiger partial charge < -0.3 is 15.6 Å². The number of aromatic nitrogens is 2. The smallest absolute Gasteiger partial charge is 0.236 e. The molecule has 116 valence electrons. The number of primary amides is 1. The van der Waals surface area contributed by atoms with Crippen LogP contribution in [0.2, 0.25) is 0 Å². The zero-order chi connectivity index (χ0) is 16.1. The third-order valence-corrected chi connectivity index (χ3v) is 2.89. The fourth-order valence-corrected chi connectivity index (χ4v) is 1.86. The van der Waals surface area contributed by atoms with Crippen LogP contribution in [0.5, 0.6) is 0 Å². The van der Waals surface area contributed by atoms with E-state index in [9.17, 15) is 18.4 Å². The molecule has 1 heterocycles. The SMILES string of the molecule is NC(=O)CNC(=O)Cc1cn(Cc2c(F)cccc2F)cn1. The van der Waals surface area contributed by atoms with Crippen LogP contribution < -0.4 is 11.1 Å². The molecule has 0 saturated heterocycles. The molecule has 0 radical (unpaired) electrons. The number of nitrogens with one attached hydrogen (secondary N) is 1. The third-order valence-electron chi connectivity index (χ3n) is 2.89. The Morgan fingerprint density at radius 2 is 1.95 bits per heavy atom. The summed E-state index contributed by atoms with van der Waals surface area (Å²) in [6, 6.07) is 3.64. The van der Waals surface area contributed by atoms with Crippen LogP contribution in [0.3, 0.4) is 0 Å². The minimum absolute atomic E-state index is 0.0333. The van der Waals surface area contributed by atoms with Crippen molar-refractivity contribution in [3.05, 3.63) is 53.6 Å². The monoisotopic (exact) mass is 308 g/mol. The number of hydrogen-bond donors (Lipinski definition) is 2. The van der Waals surface area contributed by atoms with Gasteiger partial charge in [-0.2, -0.15) is 0 Å². The van der Waals surface area contributed by atoms with Crippen LogP contribution >= 0.6 is 0 Å².